The molecule has 0 saturated carbocycles. The van der Waals surface area contributed by atoms with Crippen molar-refractivity contribution < 1.29 is 13.5 Å². The molecule has 4 nitrogen and oxygen atoms in total. The summed E-state index contributed by atoms with van der Waals surface area (Å²) in [5.41, 5.74) is 0.892. The van der Waals surface area contributed by atoms with Crippen LogP contribution in [0.2, 0.25) is 5.02 Å². The Morgan fingerprint density at radius 2 is 2.20 bits per heavy atom. The molecule has 0 aromatic carbocycles. The van der Waals surface area contributed by atoms with Crippen molar-refractivity contribution >= 4 is 11.6 Å². The third-order valence-corrected chi connectivity index (χ3v) is 3.19. The van der Waals surface area contributed by atoms with Gasteiger partial charge in [0.25, 0.3) is 6.43 Å². The zero-order valence-electron chi connectivity index (χ0n) is 11.9. The van der Waals surface area contributed by atoms with Gasteiger partial charge in [-0.15, -0.1) is 0 Å². The lowest BCUT2D eigenvalue weighted by Gasteiger charge is -2.20. The lowest BCUT2D eigenvalue weighted by Crippen LogP contribution is -2.26. The first-order valence-electron chi connectivity index (χ1n) is 6.90. The van der Waals surface area contributed by atoms with Crippen molar-refractivity contribution in [1.29, 1.82) is 0 Å². The fourth-order valence-corrected chi connectivity index (χ4v) is 2.27. The van der Waals surface area contributed by atoms with Crippen LogP contribution in [0.5, 0.6) is 0 Å². The largest absolute Gasteiger partial charge is 0.375 e. The van der Waals surface area contributed by atoms with Crippen LogP contribution < -0.4 is 5.32 Å². The monoisotopic (exact) mass is 309 g/mol. The van der Waals surface area contributed by atoms with E-state index < -0.39 is 13.0 Å². The van der Waals surface area contributed by atoms with E-state index in [2.05, 4.69) is 17.3 Å². The molecule has 0 radical (unpaired) electrons. The Morgan fingerprint density at radius 3 is 2.80 bits per heavy atom. The molecule has 1 aromatic rings. The maximum absolute atomic E-state index is 12.0. The molecule has 1 atom stereocenters. The zero-order chi connectivity index (χ0) is 15.0. The minimum atomic E-state index is -2.43. The first-order valence-corrected chi connectivity index (χ1v) is 7.28. The molecular weight excluding hydrogens is 288 g/mol. The highest BCUT2D eigenvalue weighted by Gasteiger charge is 2.19. The van der Waals surface area contributed by atoms with Crippen LogP contribution in [0.4, 0.5) is 8.78 Å². The number of aromatic nitrogens is 2. The molecule has 1 heterocycles. The number of hydrogen-bond acceptors (Lipinski definition) is 3. The van der Waals surface area contributed by atoms with Crippen LogP contribution in [0.25, 0.3) is 0 Å². The predicted molar refractivity (Wildman–Crippen MR) is 75.4 cm³/mol. The lowest BCUT2D eigenvalue weighted by molar-refractivity contribution is 0.0141. The maximum atomic E-state index is 12.0. The van der Waals surface area contributed by atoms with E-state index in [1.54, 1.807) is 6.20 Å². The molecule has 0 amide bonds. The van der Waals surface area contributed by atoms with Gasteiger partial charge in [0, 0.05) is 13.2 Å². The second-order valence-corrected chi connectivity index (χ2v) is 4.86. The lowest BCUT2D eigenvalue weighted by atomic mass is 10.1. The van der Waals surface area contributed by atoms with Crippen LogP contribution in [-0.4, -0.2) is 36.0 Å². The fraction of sp³-hybridized carbons (Fsp3) is 0.769. The van der Waals surface area contributed by atoms with E-state index in [9.17, 15) is 8.78 Å². The van der Waals surface area contributed by atoms with Crippen LogP contribution in [0.3, 0.4) is 0 Å². The van der Waals surface area contributed by atoms with Gasteiger partial charge in [-0.05, 0) is 26.3 Å². The molecule has 1 unspecified atom stereocenters. The van der Waals surface area contributed by atoms with Crippen molar-refractivity contribution in [3.05, 3.63) is 16.9 Å². The van der Waals surface area contributed by atoms with E-state index >= 15 is 0 Å². The van der Waals surface area contributed by atoms with Crippen molar-refractivity contribution in [2.45, 2.75) is 45.7 Å². The van der Waals surface area contributed by atoms with Crippen molar-refractivity contribution in [2.24, 2.45) is 0 Å². The van der Waals surface area contributed by atoms with Crippen molar-refractivity contribution in [2.75, 3.05) is 19.8 Å². The van der Waals surface area contributed by atoms with E-state index in [-0.39, 0.29) is 12.6 Å². The van der Waals surface area contributed by atoms with Crippen molar-refractivity contribution in [1.82, 2.24) is 15.1 Å². The standard InChI is InChI=1S/C13H22ClF2N3O/c1-3-6-17-11(5-7-20-9-12(15)16)13-10(14)8-18-19(13)4-2/h8,11-12,17H,3-7,9H2,1-2H3. The Labute approximate surface area is 123 Å². The molecule has 0 saturated heterocycles. The first-order chi connectivity index (χ1) is 9.60. The summed E-state index contributed by atoms with van der Waals surface area (Å²) < 4.78 is 30.9. The number of rotatable bonds is 10. The van der Waals surface area contributed by atoms with Crippen LogP contribution in [0, 0.1) is 0 Å². The third kappa shape index (κ3) is 5.34. The number of aryl methyl sites for hydroxylation is 1. The summed E-state index contributed by atoms with van der Waals surface area (Å²) in [5, 5.41) is 8.16. The molecule has 0 fully saturated rings. The Kier molecular flexibility index (Phi) is 8.02. The van der Waals surface area contributed by atoms with E-state index in [4.69, 9.17) is 16.3 Å². The number of nitrogens with one attached hydrogen (secondary N) is 1. The molecule has 0 aliphatic rings. The maximum Gasteiger partial charge on any atom is 0.261 e. The molecule has 0 bridgehead atoms. The Hall–Kier alpha value is -0.720. The van der Waals surface area contributed by atoms with Gasteiger partial charge in [0.15, 0.2) is 0 Å². The fourth-order valence-electron chi connectivity index (χ4n) is 2.00. The molecular formula is C13H22ClF2N3O. The summed E-state index contributed by atoms with van der Waals surface area (Å²) in [6.07, 6.45) is 0.743. The average Bonchev–Trinajstić information content (AvgIpc) is 2.79. The first kappa shape index (κ1) is 17.3. The van der Waals surface area contributed by atoms with Gasteiger partial charge in [-0.1, -0.05) is 18.5 Å². The second kappa shape index (κ2) is 9.26. The van der Waals surface area contributed by atoms with Gasteiger partial charge in [0.05, 0.1) is 23.0 Å². The predicted octanol–water partition coefficient (Wildman–Crippen LogP) is 3.27. The molecule has 1 aromatic heterocycles. The number of alkyl halides is 2. The van der Waals surface area contributed by atoms with E-state index in [1.807, 2.05) is 11.6 Å². The van der Waals surface area contributed by atoms with Gasteiger partial charge in [0.2, 0.25) is 0 Å². The van der Waals surface area contributed by atoms with Gasteiger partial charge in [-0.3, -0.25) is 4.68 Å². The summed E-state index contributed by atoms with van der Waals surface area (Å²) in [6.45, 7) is 5.32. The summed E-state index contributed by atoms with van der Waals surface area (Å²) in [6, 6.07) is -0.0393. The van der Waals surface area contributed by atoms with Crippen LogP contribution in [0.15, 0.2) is 6.20 Å². The van der Waals surface area contributed by atoms with E-state index in [0.29, 0.717) is 18.0 Å². The highest BCUT2D eigenvalue weighted by molar-refractivity contribution is 6.31. The molecule has 0 aliphatic heterocycles. The molecule has 1 N–H and O–H groups in total. The Balaban J connectivity index is 2.65. The van der Waals surface area contributed by atoms with Gasteiger partial charge < -0.3 is 10.1 Å². The molecule has 1 rings (SSSR count). The van der Waals surface area contributed by atoms with Crippen LogP contribution >= 0.6 is 11.6 Å². The molecule has 0 aliphatic carbocycles. The van der Waals surface area contributed by atoms with Gasteiger partial charge in [-0.25, -0.2) is 8.78 Å². The third-order valence-electron chi connectivity index (χ3n) is 2.90. The van der Waals surface area contributed by atoms with Crippen LogP contribution in [-0.2, 0) is 11.3 Å². The van der Waals surface area contributed by atoms with Gasteiger partial charge >= 0.3 is 0 Å². The van der Waals surface area contributed by atoms with Crippen molar-refractivity contribution in [3.63, 3.8) is 0 Å². The normalized spacial score (nSPS) is 13.1. The number of halogens is 3. The summed E-state index contributed by atoms with van der Waals surface area (Å²) in [7, 11) is 0. The minimum Gasteiger partial charge on any atom is -0.375 e. The quantitative estimate of drug-likeness (QED) is 0.674. The molecule has 0 spiro atoms. The number of ether oxygens (including phenoxy) is 1. The topological polar surface area (TPSA) is 39.1 Å². The average molecular weight is 310 g/mol. The summed E-state index contributed by atoms with van der Waals surface area (Å²) >= 11 is 6.18. The number of hydrogen-bond donors (Lipinski definition) is 1. The summed E-state index contributed by atoms with van der Waals surface area (Å²) in [4.78, 5) is 0. The van der Waals surface area contributed by atoms with E-state index in [1.165, 1.54) is 0 Å². The molecule has 116 valence electrons. The highest BCUT2D eigenvalue weighted by atomic mass is 35.5. The van der Waals surface area contributed by atoms with E-state index in [0.717, 1.165) is 18.7 Å². The molecule has 20 heavy (non-hydrogen) atoms. The van der Waals surface area contributed by atoms with Crippen LogP contribution in [0.1, 0.15) is 38.4 Å². The van der Waals surface area contributed by atoms with Gasteiger partial charge in [0.1, 0.15) is 6.61 Å². The highest BCUT2D eigenvalue weighted by Crippen LogP contribution is 2.25. The number of nitrogens with zero attached hydrogens (tertiary/aromatic N) is 2. The zero-order valence-corrected chi connectivity index (χ0v) is 12.7. The molecule has 7 heteroatoms. The van der Waals surface area contributed by atoms with Crippen molar-refractivity contribution in [3.8, 4) is 0 Å². The Morgan fingerprint density at radius 1 is 1.45 bits per heavy atom. The summed E-state index contributed by atoms with van der Waals surface area (Å²) in [5.74, 6) is 0. The Bertz CT molecular complexity index is 388. The SMILES string of the molecule is CCCNC(CCOCC(F)F)c1c(Cl)cnn1CC. The minimum absolute atomic E-state index is 0.0393. The second-order valence-electron chi connectivity index (χ2n) is 4.45. The van der Waals surface area contributed by atoms with Gasteiger partial charge in [-0.2, -0.15) is 5.10 Å². The smallest absolute Gasteiger partial charge is 0.261 e.